The van der Waals surface area contributed by atoms with E-state index >= 15 is 0 Å². The number of hydrogen-bond donors (Lipinski definition) is 0. The lowest BCUT2D eigenvalue weighted by Crippen LogP contribution is -2.16. The third-order valence-electron chi connectivity index (χ3n) is 8.37. The molecule has 0 atom stereocenters. The molecule has 0 unspecified atom stereocenters. The summed E-state index contributed by atoms with van der Waals surface area (Å²) in [5.74, 6) is 0.690. The van der Waals surface area contributed by atoms with E-state index in [0.717, 1.165) is 69.3 Å². The molecule has 2 aliphatic carbocycles. The van der Waals surface area contributed by atoms with E-state index in [2.05, 4.69) is 6.92 Å². The Morgan fingerprint density at radius 3 is 1.97 bits per heavy atom. The van der Waals surface area contributed by atoms with Gasteiger partial charge in [0.15, 0.2) is 11.6 Å². The first-order valence-corrected chi connectivity index (χ1v) is 12.8. The summed E-state index contributed by atoms with van der Waals surface area (Å²) in [5, 5.41) is 0. The molecule has 0 aromatic heterocycles. The lowest BCUT2D eigenvalue weighted by atomic mass is 9.76. The number of aryl methyl sites for hydroxylation is 1. The van der Waals surface area contributed by atoms with Crippen molar-refractivity contribution >= 4 is 0 Å². The largest absolute Gasteiger partial charge is 0.497 e. The Bertz CT molecular complexity index is 925. The molecule has 0 N–H and O–H groups in total. The molecule has 0 heterocycles. The van der Waals surface area contributed by atoms with E-state index in [1.54, 1.807) is 7.11 Å². The van der Waals surface area contributed by atoms with Crippen LogP contribution in [0.15, 0.2) is 30.3 Å². The third-order valence-corrected chi connectivity index (χ3v) is 8.37. The second-order valence-electron chi connectivity index (χ2n) is 10.2. The van der Waals surface area contributed by atoms with Gasteiger partial charge in [0.25, 0.3) is 0 Å². The number of hydrogen-bond acceptors (Lipinski definition) is 1. The number of rotatable bonds is 7. The monoisotopic (exact) mass is 458 g/mol. The molecule has 2 saturated carbocycles. The van der Waals surface area contributed by atoms with E-state index in [-0.39, 0.29) is 17.7 Å². The SMILES string of the molecule is CCC1CCC(c2ccc(CCC3CCC(c4ccc(OC)cc4F)CC3)c(F)c2F)CC1. The molecule has 4 heteroatoms. The van der Waals surface area contributed by atoms with Crippen LogP contribution in [-0.4, -0.2) is 7.11 Å². The van der Waals surface area contributed by atoms with Crippen molar-refractivity contribution in [1.29, 1.82) is 0 Å². The molecule has 0 amide bonds. The van der Waals surface area contributed by atoms with Crippen LogP contribution in [0, 0.1) is 29.3 Å². The van der Waals surface area contributed by atoms with Crippen molar-refractivity contribution in [2.24, 2.45) is 11.8 Å². The molecule has 180 valence electrons. The fourth-order valence-corrected chi connectivity index (χ4v) is 6.08. The zero-order chi connectivity index (χ0) is 23.4. The minimum atomic E-state index is -0.640. The smallest absolute Gasteiger partial charge is 0.162 e. The summed E-state index contributed by atoms with van der Waals surface area (Å²) in [7, 11) is 1.54. The van der Waals surface area contributed by atoms with Crippen LogP contribution < -0.4 is 4.74 Å². The first-order valence-electron chi connectivity index (χ1n) is 12.8. The van der Waals surface area contributed by atoms with Crippen molar-refractivity contribution in [2.75, 3.05) is 7.11 Å². The third kappa shape index (κ3) is 5.58. The van der Waals surface area contributed by atoms with Crippen LogP contribution in [0.3, 0.4) is 0 Å². The maximum absolute atomic E-state index is 14.9. The topological polar surface area (TPSA) is 9.23 Å². The summed E-state index contributed by atoms with van der Waals surface area (Å²) in [4.78, 5) is 0. The Balaban J connectivity index is 1.30. The highest BCUT2D eigenvalue weighted by molar-refractivity contribution is 5.32. The van der Waals surface area contributed by atoms with Crippen molar-refractivity contribution < 1.29 is 17.9 Å². The Morgan fingerprint density at radius 1 is 0.758 bits per heavy atom. The summed E-state index contributed by atoms with van der Waals surface area (Å²) in [5.41, 5.74) is 1.85. The van der Waals surface area contributed by atoms with Gasteiger partial charge in [-0.2, -0.15) is 0 Å². The van der Waals surface area contributed by atoms with E-state index in [1.807, 2.05) is 24.3 Å². The average molecular weight is 459 g/mol. The van der Waals surface area contributed by atoms with Crippen LogP contribution >= 0.6 is 0 Å². The number of benzene rings is 2. The zero-order valence-corrected chi connectivity index (χ0v) is 20.0. The van der Waals surface area contributed by atoms with Crippen LogP contribution in [0.25, 0.3) is 0 Å². The highest BCUT2D eigenvalue weighted by Gasteiger charge is 2.27. The van der Waals surface area contributed by atoms with Gasteiger partial charge in [-0.25, -0.2) is 13.2 Å². The lowest BCUT2D eigenvalue weighted by molar-refractivity contribution is 0.304. The Hall–Kier alpha value is -1.97. The highest BCUT2D eigenvalue weighted by Crippen LogP contribution is 2.41. The second kappa shape index (κ2) is 11.0. The van der Waals surface area contributed by atoms with Crippen LogP contribution in [-0.2, 0) is 6.42 Å². The van der Waals surface area contributed by atoms with Crippen molar-refractivity contribution in [1.82, 2.24) is 0 Å². The van der Waals surface area contributed by atoms with Gasteiger partial charge >= 0.3 is 0 Å². The molecule has 0 bridgehead atoms. The molecule has 4 rings (SSSR count). The Morgan fingerprint density at radius 2 is 1.36 bits per heavy atom. The van der Waals surface area contributed by atoms with Gasteiger partial charge in [0.2, 0.25) is 0 Å². The van der Waals surface area contributed by atoms with Crippen LogP contribution in [0.5, 0.6) is 5.75 Å². The molecule has 0 radical (unpaired) electrons. The number of methoxy groups -OCH3 is 1. The zero-order valence-electron chi connectivity index (χ0n) is 20.0. The van der Waals surface area contributed by atoms with Gasteiger partial charge in [-0.3, -0.25) is 0 Å². The normalized spacial score (nSPS) is 25.7. The van der Waals surface area contributed by atoms with Gasteiger partial charge in [-0.1, -0.05) is 31.5 Å². The van der Waals surface area contributed by atoms with Crippen LogP contribution in [0.4, 0.5) is 13.2 Å². The van der Waals surface area contributed by atoms with Gasteiger partial charge in [0, 0.05) is 6.07 Å². The van der Waals surface area contributed by atoms with Gasteiger partial charge in [-0.05, 0) is 111 Å². The van der Waals surface area contributed by atoms with Crippen molar-refractivity contribution in [3.05, 3.63) is 64.5 Å². The number of halogens is 3. The van der Waals surface area contributed by atoms with Gasteiger partial charge in [0.05, 0.1) is 7.11 Å². The van der Waals surface area contributed by atoms with E-state index < -0.39 is 11.6 Å². The molecular weight excluding hydrogens is 421 g/mol. The average Bonchev–Trinajstić information content (AvgIpc) is 2.85. The van der Waals surface area contributed by atoms with Gasteiger partial charge < -0.3 is 4.74 Å². The molecule has 0 saturated heterocycles. The molecule has 33 heavy (non-hydrogen) atoms. The van der Waals surface area contributed by atoms with Gasteiger partial charge in [0.1, 0.15) is 11.6 Å². The number of ether oxygens (including phenoxy) is 1. The predicted octanol–water partition coefficient (Wildman–Crippen LogP) is 8.70. The summed E-state index contributed by atoms with van der Waals surface area (Å²) in [6.07, 6.45) is 10.6. The predicted molar refractivity (Wildman–Crippen MR) is 127 cm³/mol. The standard InChI is InChI=1S/C29H37F3O/c1-3-19-4-9-22(10-5-19)26-16-14-23(28(31)29(26)32)13-8-20-6-11-21(12-7-20)25-17-15-24(33-2)18-27(25)30/h14-22H,3-13H2,1-2H3. The van der Waals surface area contributed by atoms with Crippen molar-refractivity contribution in [3.63, 3.8) is 0 Å². The minimum absolute atomic E-state index is 0.157. The summed E-state index contributed by atoms with van der Waals surface area (Å²) in [6.45, 7) is 2.21. The second-order valence-corrected chi connectivity index (χ2v) is 10.2. The van der Waals surface area contributed by atoms with E-state index in [1.165, 1.54) is 12.5 Å². The summed E-state index contributed by atoms with van der Waals surface area (Å²) in [6, 6.07) is 8.78. The molecule has 2 aromatic carbocycles. The van der Waals surface area contributed by atoms with Crippen molar-refractivity contribution in [2.45, 2.75) is 89.4 Å². The fourth-order valence-electron chi connectivity index (χ4n) is 6.08. The quantitative estimate of drug-likeness (QED) is 0.403. The van der Waals surface area contributed by atoms with E-state index in [9.17, 15) is 13.2 Å². The Kier molecular flexibility index (Phi) is 8.03. The molecule has 2 aromatic rings. The molecule has 0 spiro atoms. The lowest BCUT2D eigenvalue weighted by Gasteiger charge is -2.29. The molecular formula is C29H37F3O. The molecule has 1 nitrogen and oxygen atoms in total. The van der Waals surface area contributed by atoms with Gasteiger partial charge in [-0.15, -0.1) is 0 Å². The Labute approximate surface area is 196 Å². The molecule has 0 aliphatic heterocycles. The summed E-state index contributed by atoms with van der Waals surface area (Å²) < 4.78 is 49.3. The van der Waals surface area contributed by atoms with E-state index in [0.29, 0.717) is 29.2 Å². The van der Waals surface area contributed by atoms with Crippen molar-refractivity contribution in [3.8, 4) is 5.75 Å². The van der Waals surface area contributed by atoms with Crippen LogP contribution in [0.2, 0.25) is 0 Å². The summed E-state index contributed by atoms with van der Waals surface area (Å²) >= 11 is 0. The molecule has 2 fully saturated rings. The minimum Gasteiger partial charge on any atom is -0.497 e. The maximum atomic E-state index is 14.9. The van der Waals surface area contributed by atoms with Crippen LogP contribution in [0.1, 0.15) is 99.7 Å². The molecule has 2 aliphatic rings. The highest BCUT2D eigenvalue weighted by atomic mass is 19.2. The first kappa shape index (κ1) is 24.2. The van der Waals surface area contributed by atoms with E-state index in [4.69, 9.17) is 4.74 Å². The fraction of sp³-hybridized carbons (Fsp3) is 0.586. The maximum Gasteiger partial charge on any atom is 0.162 e. The first-order chi connectivity index (χ1) is 16.0.